The van der Waals surface area contributed by atoms with Crippen LogP contribution in [-0.4, -0.2) is 68.1 Å². The number of nitrogens with zero attached hydrogens (tertiary/aromatic N) is 3. The largest absolute Gasteiger partial charge is 0.352 e. The number of rotatable bonds is 7. The van der Waals surface area contributed by atoms with E-state index in [1.807, 2.05) is 30.2 Å². The zero-order chi connectivity index (χ0) is 31.3. The second kappa shape index (κ2) is 14.2. The highest BCUT2D eigenvalue weighted by Gasteiger charge is 2.34. The van der Waals surface area contributed by atoms with Crippen LogP contribution in [0.15, 0.2) is 47.8 Å². The van der Waals surface area contributed by atoms with Crippen molar-refractivity contribution in [3.05, 3.63) is 81.1 Å². The van der Waals surface area contributed by atoms with Gasteiger partial charge in [0.2, 0.25) is 10.0 Å². The van der Waals surface area contributed by atoms with E-state index in [2.05, 4.69) is 15.6 Å². The summed E-state index contributed by atoms with van der Waals surface area (Å²) in [5, 5.41) is 9.16. The second-order valence-electron chi connectivity index (χ2n) is 11.6. The fraction of sp³-hybridized carbons (Fsp3) is 0.469. The molecule has 0 spiro atoms. The molecule has 0 bridgehead atoms. The van der Waals surface area contributed by atoms with Crippen molar-refractivity contribution in [2.45, 2.75) is 64.5 Å². The zero-order valence-electron chi connectivity index (χ0n) is 25.2. The van der Waals surface area contributed by atoms with Crippen molar-refractivity contribution in [1.82, 2.24) is 20.5 Å². The lowest BCUT2D eigenvalue weighted by atomic mass is 10.0. The molecular formula is C32H40FN5O4S2. The fourth-order valence-electron chi connectivity index (χ4n) is 5.71. The minimum absolute atomic E-state index is 0.0681. The van der Waals surface area contributed by atoms with Gasteiger partial charge in [-0.3, -0.25) is 13.9 Å². The number of hydrogen-bond donors (Lipinski definition) is 2. The van der Waals surface area contributed by atoms with Gasteiger partial charge in [-0.15, -0.1) is 11.3 Å². The van der Waals surface area contributed by atoms with E-state index in [1.165, 1.54) is 16.4 Å². The van der Waals surface area contributed by atoms with Crippen molar-refractivity contribution in [2.75, 3.05) is 36.2 Å². The number of thiazole rings is 1. The number of aryl methyl sites for hydroxylation is 2. The van der Waals surface area contributed by atoms with E-state index in [1.54, 1.807) is 35.6 Å². The lowest BCUT2D eigenvalue weighted by molar-refractivity contribution is 0.0735. The topological polar surface area (TPSA) is 112 Å². The molecule has 9 nitrogen and oxygen atoms in total. The van der Waals surface area contributed by atoms with Crippen molar-refractivity contribution in [3.63, 3.8) is 0 Å². The third-order valence-corrected chi connectivity index (χ3v) is 11.1. The smallest absolute Gasteiger partial charge is 0.254 e. The Labute approximate surface area is 262 Å². The normalized spacial score (nSPS) is 20.8. The van der Waals surface area contributed by atoms with Crippen LogP contribution < -0.4 is 14.9 Å². The van der Waals surface area contributed by atoms with E-state index in [0.717, 1.165) is 54.9 Å². The Hall–Kier alpha value is -3.35. The maximum atomic E-state index is 13.8. The van der Waals surface area contributed by atoms with Crippen molar-refractivity contribution in [2.24, 2.45) is 0 Å². The summed E-state index contributed by atoms with van der Waals surface area (Å²) in [5.41, 5.74) is 2.91. The Kier molecular flexibility index (Phi) is 10.3. The molecule has 1 aromatic heterocycles. The van der Waals surface area contributed by atoms with Crippen molar-refractivity contribution >= 4 is 38.9 Å². The first-order valence-corrected chi connectivity index (χ1v) is 17.7. The van der Waals surface area contributed by atoms with Crippen LogP contribution in [0.4, 0.5) is 10.1 Å². The van der Waals surface area contributed by atoms with Gasteiger partial charge in [0.15, 0.2) is 0 Å². The Balaban J connectivity index is 0.000000418. The van der Waals surface area contributed by atoms with E-state index in [-0.39, 0.29) is 29.4 Å². The van der Waals surface area contributed by atoms with Crippen molar-refractivity contribution in [1.29, 1.82) is 0 Å². The summed E-state index contributed by atoms with van der Waals surface area (Å²) in [5.74, 6) is -0.592. The van der Waals surface area contributed by atoms with E-state index < -0.39 is 10.0 Å². The average molecular weight is 642 g/mol. The quantitative estimate of drug-likeness (QED) is 0.377. The minimum atomic E-state index is -3.50. The molecule has 3 aliphatic heterocycles. The number of aromatic nitrogens is 1. The molecule has 3 aliphatic rings. The number of amides is 2. The molecule has 0 saturated carbocycles. The van der Waals surface area contributed by atoms with Crippen LogP contribution in [0.1, 0.15) is 81.5 Å². The molecule has 2 amide bonds. The molecule has 0 aliphatic carbocycles. The van der Waals surface area contributed by atoms with Gasteiger partial charge in [0.1, 0.15) is 10.8 Å². The lowest BCUT2D eigenvalue weighted by Crippen LogP contribution is -2.44. The van der Waals surface area contributed by atoms with Crippen LogP contribution in [0, 0.1) is 19.7 Å². The Morgan fingerprint density at radius 3 is 2.50 bits per heavy atom. The van der Waals surface area contributed by atoms with Crippen LogP contribution in [0.2, 0.25) is 0 Å². The minimum Gasteiger partial charge on any atom is -0.352 e. The van der Waals surface area contributed by atoms with E-state index in [9.17, 15) is 22.4 Å². The van der Waals surface area contributed by atoms with Crippen molar-refractivity contribution in [3.8, 4) is 0 Å². The van der Waals surface area contributed by atoms with Crippen LogP contribution in [0.5, 0.6) is 0 Å². The van der Waals surface area contributed by atoms with Crippen LogP contribution in [0.3, 0.4) is 0 Å². The third-order valence-electron chi connectivity index (χ3n) is 8.18. The molecule has 6 rings (SSSR count). The Morgan fingerprint density at radius 1 is 1.07 bits per heavy atom. The van der Waals surface area contributed by atoms with Gasteiger partial charge in [0, 0.05) is 47.9 Å². The predicted molar refractivity (Wildman–Crippen MR) is 171 cm³/mol. The summed E-state index contributed by atoms with van der Waals surface area (Å²) in [4.78, 5) is 33.2. The van der Waals surface area contributed by atoms with E-state index in [4.69, 9.17) is 0 Å². The van der Waals surface area contributed by atoms with E-state index >= 15 is 0 Å². The number of benzene rings is 2. The van der Waals surface area contributed by atoms with Gasteiger partial charge < -0.3 is 15.5 Å². The average Bonchev–Trinajstić information content (AvgIpc) is 3.62. The Morgan fingerprint density at radius 2 is 1.86 bits per heavy atom. The first kappa shape index (κ1) is 32.1. The van der Waals surface area contributed by atoms with Gasteiger partial charge >= 0.3 is 0 Å². The van der Waals surface area contributed by atoms with Crippen LogP contribution in [0.25, 0.3) is 0 Å². The summed E-state index contributed by atoms with van der Waals surface area (Å²) in [6, 6.07) is 11.6. The van der Waals surface area contributed by atoms with Gasteiger partial charge in [-0.25, -0.2) is 17.8 Å². The highest BCUT2D eigenvalue weighted by Crippen LogP contribution is 2.36. The number of nitrogens with one attached hydrogen (secondary N) is 2. The first-order chi connectivity index (χ1) is 21.1. The monoisotopic (exact) mass is 641 g/mol. The van der Waals surface area contributed by atoms with Gasteiger partial charge in [-0.1, -0.05) is 12.1 Å². The molecule has 4 heterocycles. The van der Waals surface area contributed by atoms with Gasteiger partial charge in [-0.05, 0) is 94.8 Å². The van der Waals surface area contributed by atoms with Crippen molar-refractivity contribution < 1.29 is 22.4 Å². The molecular weight excluding hydrogens is 602 g/mol. The second-order valence-corrected chi connectivity index (χ2v) is 14.5. The number of carbonyl (C=O) groups is 2. The maximum Gasteiger partial charge on any atom is 0.254 e. The summed E-state index contributed by atoms with van der Waals surface area (Å²) < 4.78 is 39.2. The molecule has 2 aromatic carbocycles. The number of likely N-dealkylation sites (tertiary alicyclic amines) is 1. The van der Waals surface area contributed by atoms with E-state index in [0.29, 0.717) is 48.9 Å². The number of sulfonamides is 1. The molecule has 44 heavy (non-hydrogen) atoms. The molecule has 12 heteroatoms. The fourth-order valence-corrected chi connectivity index (χ4v) is 8.27. The highest BCUT2D eigenvalue weighted by atomic mass is 32.2. The SMILES string of the molecule is Cc1cccc(F)c1.Cc1csc(C2CCCN2C(=O)c2cc(C(=O)NCCC3CCN3)cc(N3CCCCS3(=O)=O)c2)n1. The predicted octanol–water partition coefficient (Wildman–Crippen LogP) is 4.97. The molecule has 3 aromatic rings. The van der Waals surface area contributed by atoms with Crippen LogP contribution in [-0.2, 0) is 10.0 Å². The molecule has 3 fully saturated rings. The number of hydrogen-bond acceptors (Lipinski definition) is 7. The standard InChI is InChI=1S/C25H33N5O4S2.C7H7F/c1-17-16-35-24(28-17)22-5-4-10-29(22)25(32)19-13-18(23(31)27-9-7-20-6-8-26-20)14-21(15-19)30-11-2-3-12-36(30,33)34;1-6-3-2-4-7(8)5-6/h13-16,20,22,26H,2-12H2,1H3,(H,27,31);2-5H,1H3. The lowest BCUT2D eigenvalue weighted by Gasteiger charge is -2.30. The number of anilines is 1. The molecule has 236 valence electrons. The molecule has 2 N–H and O–H groups in total. The maximum absolute atomic E-state index is 13.8. The van der Waals surface area contributed by atoms with Gasteiger partial charge in [-0.2, -0.15) is 0 Å². The number of halogens is 1. The molecule has 0 radical (unpaired) electrons. The first-order valence-electron chi connectivity index (χ1n) is 15.2. The number of carbonyl (C=O) groups excluding carboxylic acids is 2. The third kappa shape index (κ3) is 7.83. The zero-order valence-corrected chi connectivity index (χ0v) is 26.9. The van der Waals surface area contributed by atoms with Crippen LogP contribution >= 0.6 is 11.3 Å². The van der Waals surface area contributed by atoms with Gasteiger partial charge in [0.05, 0.1) is 17.5 Å². The molecule has 3 saturated heterocycles. The van der Waals surface area contributed by atoms with Gasteiger partial charge in [0.25, 0.3) is 11.8 Å². The summed E-state index contributed by atoms with van der Waals surface area (Å²) in [6.45, 7) is 6.28. The highest BCUT2D eigenvalue weighted by molar-refractivity contribution is 7.92. The summed E-state index contributed by atoms with van der Waals surface area (Å²) in [7, 11) is -3.50. The Bertz CT molecular complexity index is 1570. The summed E-state index contributed by atoms with van der Waals surface area (Å²) in [6.07, 6.45) is 5.00. The summed E-state index contributed by atoms with van der Waals surface area (Å²) >= 11 is 1.55. The molecule has 2 atom stereocenters. The molecule has 2 unspecified atom stereocenters.